The predicted octanol–water partition coefficient (Wildman–Crippen LogP) is 6.47. The summed E-state index contributed by atoms with van der Waals surface area (Å²) in [6, 6.07) is 7.43. The van der Waals surface area contributed by atoms with E-state index in [2.05, 4.69) is 32.0 Å². The van der Waals surface area contributed by atoms with Crippen molar-refractivity contribution in [3.8, 4) is 0 Å². The van der Waals surface area contributed by atoms with E-state index in [-0.39, 0.29) is 0 Å². The Bertz CT molecular complexity index is 607. The van der Waals surface area contributed by atoms with Gasteiger partial charge in [0.2, 0.25) is 0 Å². The van der Waals surface area contributed by atoms with Crippen LogP contribution in [0.4, 0.5) is 0 Å². The molecule has 0 aliphatic heterocycles. The lowest BCUT2D eigenvalue weighted by Gasteiger charge is -2.39. The first-order valence-corrected chi connectivity index (χ1v) is 10.3. The largest absolute Gasteiger partial charge is 0.0617 e. The molecule has 4 aliphatic rings. The summed E-state index contributed by atoms with van der Waals surface area (Å²) in [6.07, 6.45) is 14.9. The van der Waals surface area contributed by atoms with Crippen LogP contribution in [0.15, 0.2) is 18.2 Å². The molecule has 0 spiro atoms. The van der Waals surface area contributed by atoms with Crippen molar-refractivity contribution in [2.75, 3.05) is 0 Å². The van der Waals surface area contributed by atoms with Gasteiger partial charge in [0.15, 0.2) is 0 Å². The molecule has 0 radical (unpaired) electrons. The first-order valence-electron chi connectivity index (χ1n) is 10.3. The van der Waals surface area contributed by atoms with Gasteiger partial charge in [0.25, 0.3) is 0 Å². The molecule has 0 nitrogen and oxygen atoms in total. The minimum atomic E-state index is 0.566. The molecular weight excluding hydrogens is 276 g/mol. The summed E-state index contributed by atoms with van der Waals surface area (Å²) in [5.41, 5.74) is 6.54. The van der Waals surface area contributed by atoms with Gasteiger partial charge in [-0.3, -0.25) is 0 Å². The SMILES string of the molecule is CC(C)c1cccc(C23CCC(CC2)C3)c1C12CCC(CC1)C2. The summed E-state index contributed by atoms with van der Waals surface area (Å²) < 4.78 is 0. The van der Waals surface area contributed by atoms with Crippen LogP contribution in [0.5, 0.6) is 0 Å². The minimum Gasteiger partial charge on any atom is -0.0617 e. The number of rotatable bonds is 3. The van der Waals surface area contributed by atoms with Crippen LogP contribution in [-0.2, 0) is 10.8 Å². The van der Waals surface area contributed by atoms with E-state index in [1.54, 1.807) is 5.56 Å². The summed E-state index contributed by atoms with van der Waals surface area (Å²) in [5.74, 6) is 2.76. The van der Waals surface area contributed by atoms with Gasteiger partial charge in [-0.1, -0.05) is 32.0 Å². The first kappa shape index (κ1) is 14.6. The Morgan fingerprint density at radius 3 is 1.87 bits per heavy atom. The third kappa shape index (κ3) is 1.96. The van der Waals surface area contributed by atoms with Gasteiger partial charge in [0.05, 0.1) is 0 Å². The average molecular weight is 309 g/mol. The molecule has 23 heavy (non-hydrogen) atoms. The lowest BCUT2D eigenvalue weighted by atomic mass is 9.65. The molecule has 1 aromatic carbocycles. The third-order valence-corrected chi connectivity index (χ3v) is 8.30. The molecule has 124 valence electrons. The van der Waals surface area contributed by atoms with Crippen LogP contribution in [-0.4, -0.2) is 0 Å². The zero-order valence-electron chi connectivity index (χ0n) is 15.0. The molecule has 0 aromatic heterocycles. The van der Waals surface area contributed by atoms with E-state index >= 15 is 0 Å². The van der Waals surface area contributed by atoms with E-state index in [1.165, 1.54) is 64.2 Å². The Morgan fingerprint density at radius 2 is 1.39 bits per heavy atom. The quantitative estimate of drug-likeness (QED) is 0.600. The second-order valence-electron chi connectivity index (χ2n) is 9.78. The molecular formula is C23H32. The van der Waals surface area contributed by atoms with Crippen molar-refractivity contribution in [1.82, 2.24) is 0 Å². The number of hydrogen-bond donors (Lipinski definition) is 0. The smallest absolute Gasteiger partial charge is 0.00384 e. The Labute approximate surface area is 142 Å². The van der Waals surface area contributed by atoms with Gasteiger partial charge < -0.3 is 0 Å². The standard InChI is InChI=1S/C23H32/c1-16(2)19-4-3-5-20(22-10-6-17(14-22)7-11-22)21(19)23-12-8-18(15-23)9-13-23/h3-5,16-18H,6-15H2,1-2H3. The summed E-state index contributed by atoms with van der Waals surface area (Å²) in [5, 5.41) is 0. The van der Waals surface area contributed by atoms with Crippen molar-refractivity contribution < 1.29 is 0 Å². The third-order valence-electron chi connectivity index (χ3n) is 8.30. The maximum Gasteiger partial charge on any atom is -0.00384 e. The molecule has 0 unspecified atom stereocenters. The molecule has 4 saturated carbocycles. The lowest BCUT2D eigenvalue weighted by molar-refractivity contribution is 0.379. The van der Waals surface area contributed by atoms with E-state index in [0.29, 0.717) is 16.7 Å². The molecule has 0 amide bonds. The van der Waals surface area contributed by atoms with E-state index in [0.717, 1.165) is 11.8 Å². The van der Waals surface area contributed by atoms with E-state index in [4.69, 9.17) is 0 Å². The van der Waals surface area contributed by atoms with Gasteiger partial charge in [-0.15, -0.1) is 0 Å². The molecule has 0 heterocycles. The Hall–Kier alpha value is -0.780. The number of fused-ring (bicyclic) bond motifs is 4. The molecule has 0 saturated heterocycles. The average Bonchev–Trinajstić information content (AvgIpc) is 3.34. The summed E-state index contributed by atoms with van der Waals surface area (Å²) in [6.45, 7) is 4.84. The lowest BCUT2D eigenvalue weighted by Crippen LogP contribution is -2.30. The summed E-state index contributed by atoms with van der Waals surface area (Å²) in [4.78, 5) is 0. The van der Waals surface area contributed by atoms with E-state index in [1.807, 2.05) is 11.1 Å². The van der Waals surface area contributed by atoms with Gasteiger partial charge in [-0.25, -0.2) is 0 Å². The van der Waals surface area contributed by atoms with Crippen molar-refractivity contribution in [1.29, 1.82) is 0 Å². The number of benzene rings is 1. The summed E-state index contributed by atoms with van der Waals surface area (Å²) in [7, 11) is 0. The molecule has 1 aromatic rings. The molecule has 0 N–H and O–H groups in total. The molecule has 4 bridgehead atoms. The fourth-order valence-electron chi connectivity index (χ4n) is 7.20. The fourth-order valence-corrected chi connectivity index (χ4v) is 7.20. The van der Waals surface area contributed by atoms with Crippen LogP contribution in [0, 0.1) is 11.8 Å². The van der Waals surface area contributed by atoms with Crippen LogP contribution in [0.25, 0.3) is 0 Å². The molecule has 4 fully saturated rings. The van der Waals surface area contributed by atoms with Crippen molar-refractivity contribution >= 4 is 0 Å². The van der Waals surface area contributed by atoms with Gasteiger partial charge in [0.1, 0.15) is 0 Å². The molecule has 0 atom stereocenters. The van der Waals surface area contributed by atoms with Crippen LogP contribution in [0.2, 0.25) is 0 Å². The van der Waals surface area contributed by atoms with Crippen molar-refractivity contribution in [3.05, 3.63) is 34.9 Å². The second kappa shape index (κ2) is 4.87. The fraction of sp³-hybridized carbons (Fsp3) is 0.739. The second-order valence-corrected chi connectivity index (χ2v) is 9.78. The number of hydrogen-bond acceptors (Lipinski definition) is 0. The van der Waals surface area contributed by atoms with Gasteiger partial charge in [-0.2, -0.15) is 0 Å². The predicted molar refractivity (Wildman–Crippen MR) is 97.0 cm³/mol. The highest BCUT2D eigenvalue weighted by molar-refractivity contribution is 5.49. The van der Waals surface area contributed by atoms with Crippen molar-refractivity contribution in [3.63, 3.8) is 0 Å². The summed E-state index contributed by atoms with van der Waals surface area (Å²) >= 11 is 0. The van der Waals surface area contributed by atoms with Crippen LogP contribution < -0.4 is 0 Å². The normalized spacial score (nSPS) is 41.3. The van der Waals surface area contributed by atoms with Crippen LogP contribution in [0.1, 0.15) is 101 Å². The van der Waals surface area contributed by atoms with Gasteiger partial charge in [0, 0.05) is 0 Å². The molecule has 5 rings (SSSR count). The van der Waals surface area contributed by atoms with Crippen molar-refractivity contribution in [2.45, 2.75) is 94.8 Å². The maximum atomic E-state index is 2.56. The van der Waals surface area contributed by atoms with E-state index in [9.17, 15) is 0 Å². The van der Waals surface area contributed by atoms with Crippen LogP contribution >= 0.6 is 0 Å². The highest BCUT2D eigenvalue weighted by Gasteiger charge is 2.52. The highest BCUT2D eigenvalue weighted by Crippen LogP contribution is 2.62. The highest BCUT2D eigenvalue weighted by atomic mass is 14.6. The maximum absolute atomic E-state index is 2.56. The van der Waals surface area contributed by atoms with Gasteiger partial charge >= 0.3 is 0 Å². The monoisotopic (exact) mass is 308 g/mol. The first-order chi connectivity index (χ1) is 11.1. The topological polar surface area (TPSA) is 0 Å². The minimum absolute atomic E-state index is 0.566. The molecule has 4 aliphatic carbocycles. The zero-order valence-corrected chi connectivity index (χ0v) is 15.0. The Morgan fingerprint density at radius 1 is 0.826 bits per heavy atom. The molecule has 0 heteroatoms. The van der Waals surface area contributed by atoms with E-state index < -0.39 is 0 Å². The van der Waals surface area contributed by atoms with Crippen molar-refractivity contribution in [2.24, 2.45) is 11.8 Å². The Kier molecular flexibility index (Phi) is 3.08. The zero-order chi connectivity index (χ0) is 15.7. The van der Waals surface area contributed by atoms with Gasteiger partial charge in [-0.05, 0) is 109 Å². The van der Waals surface area contributed by atoms with Crippen LogP contribution in [0.3, 0.4) is 0 Å². The Balaban J connectivity index is 1.71.